The number of anilines is 1. The molecule has 0 aliphatic carbocycles. The summed E-state index contributed by atoms with van der Waals surface area (Å²) in [7, 11) is 0. The van der Waals surface area contributed by atoms with Crippen LogP contribution in [-0.4, -0.2) is 32.3 Å². The van der Waals surface area contributed by atoms with E-state index in [2.05, 4.69) is 20.4 Å². The van der Waals surface area contributed by atoms with Crippen LogP contribution in [0.25, 0.3) is 21.0 Å². The van der Waals surface area contributed by atoms with Gasteiger partial charge in [0.25, 0.3) is 5.56 Å². The summed E-state index contributed by atoms with van der Waals surface area (Å²) in [6.45, 7) is 2.28. The lowest BCUT2D eigenvalue weighted by Crippen LogP contribution is -2.30. The minimum absolute atomic E-state index is 0.218. The van der Waals surface area contributed by atoms with Crippen LogP contribution >= 0.6 is 11.3 Å². The number of amides is 1. The minimum Gasteiger partial charge on any atom is -0.494 e. The highest BCUT2D eigenvalue weighted by atomic mass is 32.1. The summed E-state index contributed by atoms with van der Waals surface area (Å²) in [5.41, 5.74) is 2.13. The SMILES string of the molecule is CCOc1ccc2nc(NC(=O)Cn3nc(Cc4cccnc4)c4ccccc4c3=O)sc2c1. The van der Waals surface area contributed by atoms with E-state index in [0.717, 1.165) is 26.9 Å². The first kappa shape index (κ1) is 21.7. The van der Waals surface area contributed by atoms with Crippen LogP contribution < -0.4 is 15.6 Å². The lowest BCUT2D eigenvalue weighted by molar-refractivity contribution is -0.117. The summed E-state index contributed by atoms with van der Waals surface area (Å²) >= 11 is 1.35. The molecule has 3 aromatic heterocycles. The molecule has 34 heavy (non-hydrogen) atoms. The van der Waals surface area contributed by atoms with Gasteiger partial charge in [-0.2, -0.15) is 5.10 Å². The predicted octanol–water partition coefficient (Wildman–Crippen LogP) is 4.03. The number of hydrogen-bond donors (Lipinski definition) is 1. The second-order valence-corrected chi connectivity index (χ2v) is 8.65. The molecule has 2 aromatic carbocycles. The Morgan fingerprint density at radius 1 is 1.12 bits per heavy atom. The maximum atomic E-state index is 13.0. The van der Waals surface area contributed by atoms with Crippen LogP contribution in [0.15, 0.2) is 71.8 Å². The predicted molar refractivity (Wildman–Crippen MR) is 132 cm³/mol. The van der Waals surface area contributed by atoms with Crippen molar-refractivity contribution >= 4 is 43.4 Å². The Kier molecular flexibility index (Phi) is 6.01. The number of nitrogens with zero attached hydrogens (tertiary/aromatic N) is 4. The number of hydrogen-bond acceptors (Lipinski definition) is 7. The maximum Gasteiger partial charge on any atom is 0.275 e. The topological polar surface area (TPSA) is 99.0 Å². The zero-order valence-corrected chi connectivity index (χ0v) is 19.2. The van der Waals surface area contributed by atoms with Crippen molar-refractivity contribution in [2.75, 3.05) is 11.9 Å². The van der Waals surface area contributed by atoms with E-state index in [9.17, 15) is 9.59 Å². The summed E-state index contributed by atoms with van der Waals surface area (Å²) < 4.78 is 7.64. The number of benzene rings is 2. The Hall–Kier alpha value is -4.11. The summed E-state index contributed by atoms with van der Waals surface area (Å²) in [5.74, 6) is 0.380. The molecular weight excluding hydrogens is 450 g/mol. The fraction of sp³-hybridized carbons (Fsp3) is 0.160. The largest absolute Gasteiger partial charge is 0.494 e. The normalized spacial score (nSPS) is 11.1. The van der Waals surface area contributed by atoms with Crippen LogP contribution in [0.5, 0.6) is 5.75 Å². The molecule has 0 radical (unpaired) electrons. The number of thiazole rings is 1. The number of carbonyl (C=O) groups is 1. The summed E-state index contributed by atoms with van der Waals surface area (Å²) in [4.78, 5) is 34.5. The van der Waals surface area contributed by atoms with Crippen molar-refractivity contribution in [2.24, 2.45) is 0 Å². The summed E-state index contributed by atoms with van der Waals surface area (Å²) in [6.07, 6.45) is 3.97. The van der Waals surface area contributed by atoms with Crippen molar-refractivity contribution in [1.82, 2.24) is 19.7 Å². The number of carbonyl (C=O) groups excluding carboxylic acids is 1. The van der Waals surface area contributed by atoms with Gasteiger partial charge in [0.1, 0.15) is 12.3 Å². The molecule has 0 atom stereocenters. The standard InChI is InChI=1S/C25H21N5O3S/c1-2-33-17-9-10-20-22(13-17)34-25(27-20)28-23(31)15-30-24(32)19-8-4-3-7-18(19)21(29-30)12-16-6-5-11-26-14-16/h3-11,13-14H,2,12,15H2,1H3,(H,27,28,31). The number of rotatable bonds is 7. The first-order chi connectivity index (χ1) is 16.6. The fourth-order valence-corrected chi connectivity index (χ4v) is 4.66. The molecule has 1 amide bonds. The molecule has 1 N–H and O–H groups in total. The highest BCUT2D eigenvalue weighted by Gasteiger charge is 2.15. The lowest BCUT2D eigenvalue weighted by atomic mass is 10.1. The summed E-state index contributed by atoms with van der Waals surface area (Å²) in [6, 6.07) is 16.7. The van der Waals surface area contributed by atoms with Gasteiger partial charge in [0.2, 0.25) is 5.91 Å². The van der Waals surface area contributed by atoms with Crippen LogP contribution in [0.2, 0.25) is 0 Å². The van der Waals surface area contributed by atoms with Gasteiger partial charge in [-0.3, -0.25) is 14.6 Å². The van der Waals surface area contributed by atoms with Gasteiger partial charge in [-0.15, -0.1) is 0 Å². The summed E-state index contributed by atoms with van der Waals surface area (Å²) in [5, 5.41) is 9.07. The van der Waals surface area contributed by atoms with Gasteiger partial charge < -0.3 is 10.1 Å². The lowest BCUT2D eigenvalue weighted by Gasteiger charge is -2.11. The molecule has 0 saturated heterocycles. The van der Waals surface area contributed by atoms with E-state index in [1.165, 1.54) is 16.0 Å². The molecule has 0 spiro atoms. The molecule has 3 heterocycles. The second kappa shape index (κ2) is 9.40. The Bertz CT molecular complexity index is 1550. The molecule has 0 saturated carbocycles. The van der Waals surface area contributed by atoms with Crippen molar-refractivity contribution in [3.63, 3.8) is 0 Å². The number of nitrogens with one attached hydrogen (secondary N) is 1. The Morgan fingerprint density at radius 3 is 2.76 bits per heavy atom. The molecule has 5 aromatic rings. The molecule has 8 nitrogen and oxygen atoms in total. The zero-order chi connectivity index (χ0) is 23.5. The fourth-order valence-electron chi connectivity index (χ4n) is 3.75. The molecular formula is C25H21N5O3S. The number of fused-ring (bicyclic) bond motifs is 2. The van der Waals surface area contributed by atoms with Gasteiger partial charge in [0.15, 0.2) is 5.13 Å². The smallest absolute Gasteiger partial charge is 0.275 e. The van der Waals surface area contributed by atoms with Gasteiger partial charge in [0, 0.05) is 24.2 Å². The van der Waals surface area contributed by atoms with Gasteiger partial charge in [-0.05, 0) is 42.8 Å². The zero-order valence-electron chi connectivity index (χ0n) is 18.4. The molecule has 170 valence electrons. The third-order valence-corrected chi connectivity index (χ3v) is 6.18. The van der Waals surface area contributed by atoms with Gasteiger partial charge >= 0.3 is 0 Å². The Labute approximate surface area is 198 Å². The van der Waals surface area contributed by atoms with E-state index in [1.807, 2.05) is 49.4 Å². The van der Waals surface area contributed by atoms with Crippen molar-refractivity contribution in [3.05, 3.63) is 88.6 Å². The molecule has 0 aliphatic rings. The van der Waals surface area contributed by atoms with E-state index in [1.54, 1.807) is 24.5 Å². The van der Waals surface area contributed by atoms with Gasteiger partial charge in [-0.1, -0.05) is 35.6 Å². The molecule has 0 unspecified atom stereocenters. The van der Waals surface area contributed by atoms with Crippen LogP contribution in [-0.2, 0) is 17.8 Å². The van der Waals surface area contributed by atoms with Crippen LogP contribution in [0.4, 0.5) is 5.13 Å². The maximum absolute atomic E-state index is 13.0. The highest BCUT2D eigenvalue weighted by Crippen LogP contribution is 2.29. The van der Waals surface area contributed by atoms with E-state index in [4.69, 9.17) is 4.74 Å². The van der Waals surface area contributed by atoms with E-state index in [0.29, 0.717) is 29.2 Å². The van der Waals surface area contributed by atoms with Crippen molar-refractivity contribution in [1.29, 1.82) is 0 Å². The van der Waals surface area contributed by atoms with Crippen molar-refractivity contribution < 1.29 is 9.53 Å². The van der Waals surface area contributed by atoms with Crippen molar-refractivity contribution in [2.45, 2.75) is 19.9 Å². The number of ether oxygens (including phenoxy) is 1. The van der Waals surface area contributed by atoms with Crippen molar-refractivity contribution in [3.8, 4) is 5.75 Å². The van der Waals surface area contributed by atoms with Gasteiger partial charge in [-0.25, -0.2) is 9.67 Å². The molecule has 9 heteroatoms. The van der Waals surface area contributed by atoms with E-state index >= 15 is 0 Å². The Morgan fingerprint density at radius 2 is 1.97 bits per heavy atom. The van der Waals surface area contributed by atoms with Crippen LogP contribution in [0.3, 0.4) is 0 Å². The minimum atomic E-state index is -0.374. The van der Waals surface area contributed by atoms with E-state index < -0.39 is 0 Å². The number of pyridine rings is 1. The third-order valence-electron chi connectivity index (χ3n) is 5.25. The van der Waals surface area contributed by atoms with Gasteiger partial charge in [0.05, 0.1) is 27.9 Å². The van der Waals surface area contributed by atoms with E-state index in [-0.39, 0.29) is 18.0 Å². The average Bonchev–Trinajstić information content (AvgIpc) is 3.24. The molecule has 5 rings (SSSR count). The quantitative estimate of drug-likeness (QED) is 0.385. The first-order valence-electron chi connectivity index (χ1n) is 10.8. The molecule has 0 aliphatic heterocycles. The number of aromatic nitrogens is 4. The highest BCUT2D eigenvalue weighted by molar-refractivity contribution is 7.22. The average molecular weight is 472 g/mol. The molecule has 0 bridgehead atoms. The second-order valence-electron chi connectivity index (χ2n) is 7.62. The Balaban J connectivity index is 1.42. The van der Waals surface area contributed by atoms with Crippen LogP contribution in [0, 0.1) is 0 Å². The third kappa shape index (κ3) is 4.51. The molecule has 0 fully saturated rings. The monoisotopic (exact) mass is 471 g/mol. The first-order valence-corrected chi connectivity index (χ1v) is 11.6. The van der Waals surface area contributed by atoms with Crippen LogP contribution in [0.1, 0.15) is 18.2 Å².